The second-order valence-corrected chi connectivity index (χ2v) is 4.62. The van der Waals surface area contributed by atoms with Crippen LogP contribution < -0.4 is 10.2 Å². The number of hydrogen-bond acceptors (Lipinski definition) is 4. The van der Waals surface area contributed by atoms with Crippen molar-refractivity contribution in [3.63, 3.8) is 0 Å². The van der Waals surface area contributed by atoms with Crippen LogP contribution in [0.1, 0.15) is 0 Å². The molecule has 1 aromatic carbocycles. The molecule has 1 aromatic heterocycles. The van der Waals surface area contributed by atoms with Crippen molar-refractivity contribution in [1.29, 1.82) is 0 Å². The zero-order valence-electron chi connectivity index (χ0n) is 8.44. The lowest BCUT2D eigenvalue weighted by Crippen LogP contribution is -2.43. The van der Waals surface area contributed by atoms with Gasteiger partial charge in [-0.15, -0.1) is 0 Å². The number of hydrogen-bond donors (Lipinski definition) is 1. The van der Waals surface area contributed by atoms with Gasteiger partial charge in [-0.2, -0.15) is 4.37 Å². The van der Waals surface area contributed by atoms with E-state index in [1.165, 1.54) is 15.8 Å². The summed E-state index contributed by atoms with van der Waals surface area (Å²) in [5.74, 6) is 0. The lowest BCUT2D eigenvalue weighted by molar-refractivity contribution is 0.589. The van der Waals surface area contributed by atoms with Crippen LogP contribution in [0.5, 0.6) is 0 Å². The van der Waals surface area contributed by atoms with Crippen molar-refractivity contribution in [3.8, 4) is 0 Å². The maximum atomic E-state index is 4.20. The van der Waals surface area contributed by atoms with Crippen molar-refractivity contribution in [3.05, 3.63) is 24.4 Å². The Morgan fingerprint density at radius 1 is 1.27 bits per heavy atom. The first-order valence-electron chi connectivity index (χ1n) is 5.23. The van der Waals surface area contributed by atoms with E-state index in [-0.39, 0.29) is 0 Å². The molecule has 2 aromatic rings. The second-order valence-electron chi connectivity index (χ2n) is 3.78. The van der Waals surface area contributed by atoms with E-state index in [0.717, 1.165) is 26.2 Å². The Labute approximate surface area is 92.9 Å². The second kappa shape index (κ2) is 3.79. The first kappa shape index (κ1) is 9.12. The molecule has 1 aliphatic rings. The molecular weight excluding hydrogens is 206 g/mol. The Hall–Kier alpha value is -1.13. The molecule has 0 saturated carbocycles. The van der Waals surface area contributed by atoms with E-state index in [2.05, 4.69) is 32.8 Å². The Morgan fingerprint density at radius 2 is 2.13 bits per heavy atom. The van der Waals surface area contributed by atoms with Crippen LogP contribution in [-0.4, -0.2) is 30.6 Å². The molecule has 1 fully saturated rings. The molecule has 0 spiro atoms. The van der Waals surface area contributed by atoms with Gasteiger partial charge in [0.25, 0.3) is 0 Å². The molecule has 1 aliphatic heterocycles. The Balaban J connectivity index is 1.95. The van der Waals surface area contributed by atoms with Crippen LogP contribution >= 0.6 is 11.5 Å². The van der Waals surface area contributed by atoms with Crippen LogP contribution in [0.15, 0.2) is 24.4 Å². The number of rotatable bonds is 1. The summed E-state index contributed by atoms with van der Waals surface area (Å²) < 4.78 is 5.48. The Morgan fingerprint density at radius 3 is 3.00 bits per heavy atom. The highest BCUT2D eigenvalue weighted by Crippen LogP contribution is 2.24. The lowest BCUT2D eigenvalue weighted by atomic mass is 10.2. The summed E-state index contributed by atoms with van der Waals surface area (Å²) in [5, 5.41) is 4.61. The largest absolute Gasteiger partial charge is 0.369 e. The highest BCUT2D eigenvalue weighted by Gasteiger charge is 2.10. The third kappa shape index (κ3) is 1.70. The number of nitrogens with one attached hydrogen (secondary N) is 1. The highest BCUT2D eigenvalue weighted by atomic mass is 32.1. The van der Waals surface area contributed by atoms with Crippen LogP contribution in [0.25, 0.3) is 10.1 Å². The summed E-state index contributed by atoms with van der Waals surface area (Å²) in [6, 6.07) is 6.61. The van der Waals surface area contributed by atoms with E-state index in [1.807, 2.05) is 6.20 Å². The molecule has 0 amide bonds. The van der Waals surface area contributed by atoms with Gasteiger partial charge >= 0.3 is 0 Å². The fraction of sp³-hybridized carbons (Fsp3) is 0.364. The van der Waals surface area contributed by atoms with E-state index in [9.17, 15) is 0 Å². The minimum absolute atomic E-state index is 1.08. The smallest absolute Gasteiger partial charge is 0.0570 e. The maximum absolute atomic E-state index is 4.20. The summed E-state index contributed by atoms with van der Waals surface area (Å²) in [6.45, 7) is 4.37. The number of fused-ring (bicyclic) bond motifs is 1. The van der Waals surface area contributed by atoms with Gasteiger partial charge in [0.05, 0.1) is 4.70 Å². The molecule has 0 aliphatic carbocycles. The lowest BCUT2D eigenvalue weighted by Gasteiger charge is -2.29. The zero-order chi connectivity index (χ0) is 10.1. The minimum atomic E-state index is 1.08. The van der Waals surface area contributed by atoms with E-state index in [0.29, 0.717) is 0 Å². The summed E-state index contributed by atoms with van der Waals surface area (Å²) in [5.41, 5.74) is 1.33. The normalized spacial score (nSPS) is 17.2. The molecule has 15 heavy (non-hydrogen) atoms. The average molecular weight is 219 g/mol. The van der Waals surface area contributed by atoms with Gasteiger partial charge in [0.1, 0.15) is 0 Å². The quantitative estimate of drug-likeness (QED) is 0.791. The van der Waals surface area contributed by atoms with Crippen molar-refractivity contribution < 1.29 is 0 Å². The maximum Gasteiger partial charge on any atom is 0.0570 e. The number of aromatic nitrogens is 1. The third-order valence-corrected chi connectivity index (χ3v) is 3.58. The van der Waals surface area contributed by atoms with Crippen molar-refractivity contribution in [2.75, 3.05) is 31.1 Å². The van der Waals surface area contributed by atoms with Crippen molar-refractivity contribution in [2.45, 2.75) is 0 Å². The fourth-order valence-corrected chi connectivity index (χ4v) is 2.65. The molecule has 1 N–H and O–H groups in total. The van der Waals surface area contributed by atoms with Gasteiger partial charge in [-0.1, -0.05) is 0 Å². The number of nitrogens with zero attached hydrogens (tertiary/aromatic N) is 2. The average Bonchev–Trinajstić information content (AvgIpc) is 2.77. The summed E-state index contributed by atoms with van der Waals surface area (Å²) in [7, 11) is 0. The molecular formula is C11H13N3S. The van der Waals surface area contributed by atoms with Crippen molar-refractivity contribution in [2.24, 2.45) is 0 Å². The number of anilines is 1. The molecule has 0 unspecified atom stereocenters. The van der Waals surface area contributed by atoms with Gasteiger partial charge in [0.2, 0.25) is 0 Å². The SMILES string of the molecule is c1cc2cnsc2cc1N1CCNCC1. The summed E-state index contributed by atoms with van der Waals surface area (Å²) in [4.78, 5) is 2.43. The topological polar surface area (TPSA) is 28.2 Å². The van der Waals surface area contributed by atoms with E-state index < -0.39 is 0 Å². The van der Waals surface area contributed by atoms with E-state index >= 15 is 0 Å². The highest BCUT2D eigenvalue weighted by molar-refractivity contribution is 7.13. The third-order valence-electron chi connectivity index (χ3n) is 2.82. The molecule has 0 radical (unpaired) electrons. The Bertz CT molecular complexity index is 460. The van der Waals surface area contributed by atoms with E-state index in [4.69, 9.17) is 0 Å². The molecule has 4 heteroatoms. The van der Waals surface area contributed by atoms with Crippen molar-refractivity contribution >= 4 is 27.3 Å². The summed E-state index contributed by atoms with van der Waals surface area (Å²) in [6.07, 6.45) is 1.93. The van der Waals surface area contributed by atoms with Crippen LogP contribution in [0.2, 0.25) is 0 Å². The van der Waals surface area contributed by atoms with Crippen LogP contribution in [-0.2, 0) is 0 Å². The molecule has 0 atom stereocenters. The van der Waals surface area contributed by atoms with Gasteiger partial charge in [-0.05, 0) is 29.7 Å². The fourth-order valence-electron chi connectivity index (χ4n) is 1.97. The van der Waals surface area contributed by atoms with Gasteiger partial charge in [0.15, 0.2) is 0 Å². The van der Waals surface area contributed by atoms with Gasteiger partial charge < -0.3 is 10.2 Å². The zero-order valence-corrected chi connectivity index (χ0v) is 9.26. The van der Waals surface area contributed by atoms with Gasteiger partial charge in [0, 0.05) is 43.4 Å². The van der Waals surface area contributed by atoms with Crippen LogP contribution in [0.3, 0.4) is 0 Å². The van der Waals surface area contributed by atoms with Crippen LogP contribution in [0, 0.1) is 0 Å². The molecule has 0 bridgehead atoms. The van der Waals surface area contributed by atoms with Crippen LogP contribution in [0.4, 0.5) is 5.69 Å². The monoisotopic (exact) mass is 219 g/mol. The standard InChI is InChI=1S/C11H13N3S/c1-2-10(14-5-3-12-4-6-14)7-11-9(1)8-13-15-11/h1-2,7-8,12H,3-6H2. The number of benzene rings is 1. The Kier molecular flexibility index (Phi) is 2.31. The molecule has 3 rings (SSSR count). The summed E-state index contributed by atoms with van der Waals surface area (Å²) >= 11 is 1.57. The predicted molar refractivity (Wildman–Crippen MR) is 64.7 cm³/mol. The molecule has 1 saturated heterocycles. The molecule has 78 valence electrons. The minimum Gasteiger partial charge on any atom is -0.369 e. The first-order chi connectivity index (χ1) is 7.43. The molecule has 2 heterocycles. The first-order valence-corrected chi connectivity index (χ1v) is 6.01. The number of piperazine rings is 1. The van der Waals surface area contributed by atoms with Gasteiger partial charge in [-0.25, -0.2) is 0 Å². The van der Waals surface area contributed by atoms with E-state index in [1.54, 1.807) is 11.5 Å². The van der Waals surface area contributed by atoms with Crippen molar-refractivity contribution in [1.82, 2.24) is 9.69 Å². The molecule has 3 nitrogen and oxygen atoms in total. The van der Waals surface area contributed by atoms with Gasteiger partial charge in [-0.3, -0.25) is 0 Å². The predicted octanol–water partition coefficient (Wildman–Crippen LogP) is 1.71.